The Labute approximate surface area is 190 Å². The van der Waals surface area contributed by atoms with E-state index in [1.54, 1.807) is 12.1 Å². The smallest absolute Gasteiger partial charge is 0.204 e. The van der Waals surface area contributed by atoms with Gasteiger partial charge in [0, 0.05) is 5.56 Å². The van der Waals surface area contributed by atoms with Crippen molar-refractivity contribution in [3.05, 3.63) is 76.5 Å². The second-order valence-electron chi connectivity index (χ2n) is 7.80. The van der Waals surface area contributed by atoms with Crippen molar-refractivity contribution < 1.29 is 17.6 Å². The minimum absolute atomic E-state index is 0.163. The molecule has 168 valence electrons. The van der Waals surface area contributed by atoms with Crippen molar-refractivity contribution in [1.29, 1.82) is 0 Å². The molecule has 0 aliphatic carbocycles. The zero-order valence-electron chi connectivity index (χ0n) is 17.5. The minimum Gasteiger partial charge on any atom is -0.345 e. The predicted octanol–water partition coefficient (Wildman–Crippen LogP) is 4.03. The van der Waals surface area contributed by atoms with Crippen LogP contribution in [0.3, 0.4) is 0 Å². The lowest BCUT2D eigenvalue weighted by Gasteiger charge is -2.31. The molecule has 0 bridgehead atoms. The summed E-state index contributed by atoms with van der Waals surface area (Å²) < 4.78 is 41.3. The first-order valence-electron chi connectivity index (χ1n) is 10.4. The quantitative estimate of drug-likeness (QED) is 0.504. The number of nitrogens with zero attached hydrogens (tertiary/aromatic N) is 1. The Morgan fingerprint density at radius 1 is 1.16 bits per heavy atom. The van der Waals surface area contributed by atoms with E-state index in [0.717, 1.165) is 23.0 Å². The highest BCUT2D eigenvalue weighted by Gasteiger charge is 2.37. The van der Waals surface area contributed by atoms with Crippen LogP contribution in [0.2, 0.25) is 0 Å². The molecule has 1 aliphatic heterocycles. The van der Waals surface area contributed by atoms with E-state index in [-0.39, 0.29) is 16.6 Å². The highest BCUT2D eigenvalue weighted by molar-refractivity contribution is 7.92. The van der Waals surface area contributed by atoms with Crippen molar-refractivity contribution in [2.75, 3.05) is 18.4 Å². The van der Waals surface area contributed by atoms with Gasteiger partial charge in [0.15, 0.2) is 5.13 Å². The third-order valence-electron chi connectivity index (χ3n) is 5.67. The van der Waals surface area contributed by atoms with Gasteiger partial charge in [0.25, 0.3) is 0 Å². The molecule has 1 aliphatic rings. The summed E-state index contributed by atoms with van der Waals surface area (Å²) in [5.41, 5.74) is 1.44. The van der Waals surface area contributed by atoms with E-state index >= 15 is 0 Å². The van der Waals surface area contributed by atoms with Crippen molar-refractivity contribution in [3.8, 4) is 0 Å². The lowest BCUT2D eigenvalue weighted by atomic mass is 9.98. The molecule has 1 saturated heterocycles. The topological polar surface area (TPSA) is 88.2 Å². The predicted molar refractivity (Wildman–Crippen MR) is 123 cm³/mol. The monoisotopic (exact) mass is 473 g/mol. The zero-order valence-corrected chi connectivity index (χ0v) is 19.2. The number of carbonyl (C=O) groups is 1. The van der Waals surface area contributed by atoms with Gasteiger partial charge in [0.1, 0.15) is 16.1 Å². The maximum Gasteiger partial charge on any atom is 0.204 e. The summed E-state index contributed by atoms with van der Waals surface area (Å²) in [6.07, 6.45) is 2.72. The van der Waals surface area contributed by atoms with E-state index < -0.39 is 21.0 Å². The molecule has 6 nitrogen and oxygen atoms in total. The third-order valence-corrected chi connectivity index (χ3v) is 8.72. The molecule has 0 amide bonds. The Kier molecular flexibility index (Phi) is 6.68. The molecule has 9 heteroatoms. The van der Waals surface area contributed by atoms with Crippen molar-refractivity contribution in [2.45, 2.75) is 30.0 Å². The highest BCUT2D eigenvalue weighted by atomic mass is 32.2. The number of piperidine rings is 1. The number of hydrogen-bond acceptors (Lipinski definition) is 7. The van der Waals surface area contributed by atoms with Gasteiger partial charge in [-0.15, -0.1) is 0 Å². The largest absolute Gasteiger partial charge is 0.345 e. The average molecular weight is 474 g/mol. The van der Waals surface area contributed by atoms with E-state index in [0.29, 0.717) is 41.5 Å². The Hall–Kier alpha value is -2.62. The SMILES string of the molecule is Cc1ccccc1C(=O)c1cnc(NC(C2CCNCC2)S(=O)(=O)c2ccccc2F)s1. The number of carbonyl (C=O) groups excluding carboxylic acids is 1. The molecule has 0 saturated carbocycles. The number of aryl methyl sites for hydroxylation is 1. The summed E-state index contributed by atoms with van der Waals surface area (Å²) in [5, 5.41) is 5.53. The fourth-order valence-corrected chi connectivity index (χ4v) is 6.75. The normalized spacial score (nSPS) is 15.9. The fraction of sp³-hybridized carbons (Fsp3) is 0.304. The third kappa shape index (κ3) is 4.60. The van der Waals surface area contributed by atoms with Crippen molar-refractivity contribution in [3.63, 3.8) is 0 Å². The maximum absolute atomic E-state index is 14.4. The number of halogens is 1. The molecule has 4 rings (SSSR count). The number of sulfone groups is 1. The lowest BCUT2D eigenvalue weighted by molar-refractivity contribution is 0.104. The molecular weight excluding hydrogens is 449 g/mol. The second-order valence-corrected chi connectivity index (χ2v) is 10.9. The van der Waals surface area contributed by atoms with Crippen molar-refractivity contribution in [2.24, 2.45) is 5.92 Å². The Morgan fingerprint density at radius 3 is 2.56 bits per heavy atom. The average Bonchev–Trinajstić information content (AvgIpc) is 3.27. The molecule has 1 aromatic heterocycles. The summed E-state index contributed by atoms with van der Waals surface area (Å²) in [5.74, 6) is -1.16. The molecule has 32 heavy (non-hydrogen) atoms. The molecule has 3 aromatic rings. The number of thiazole rings is 1. The standard InChI is InChI=1S/C23H24FN3O3S2/c1-15-6-2-3-7-17(15)21(28)19-14-26-23(31-19)27-22(16-10-12-25-13-11-16)32(29,30)20-9-5-4-8-18(20)24/h2-9,14,16,22,25H,10-13H2,1H3,(H,26,27). The number of ketones is 1. The molecule has 1 unspecified atom stereocenters. The van der Waals surface area contributed by atoms with Gasteiger partial charge >= 0.3 is 0 Å². The molecular formula is C23H24FN3O3S2. The number of benzene rings is 2. The van der Waals surface area contributed by atoms with Gasteiger partial charge in [0.2, 0.25) is 15.6 Å². The van der Waals surface area contributed by atoms with Crippen LogP contribution in [0.25, 0.3) is 0 Å². The molecule has 2 N–H and O–H groups in total. The van der Waals surface area contributed by atoms with Crippen LogP contribution in [0, 0.1) is 18.7 Å². The zero-order chi connectivity index (χ0) is 22.7. The van der Waals surface area contributed by atoms with Gasteiger partial charge < -0.3 is 10.6 Å². The van der Waals surface area contributed by atoms with Crippen molar-refractivity contribution in [1.82, 2.24) is 10.3 Å². The summed E-state index contributed by atoms with van der Waals surface area (Å²) in [6.45, 7) is 3.23. The van der Waals surface area contributed by atoms with Crippen LogP contribution in [0.5, 0.6) is 0 Å². The molecule has 2 aromatic carbocycles. The number of nitrogens with one attached hydrogen (secondary N) is 2. The summed E-state index contributed by atoms with van der Waals surface area (Å²) >= 11 is 1.11. The Balaban J connectivity index is 1.65. The van der Waals surface area contributed by atoms with Gasteiger partial charge in [-0.1, -0.05) is 47.7 Å². The van der Waals surface area contributed by atoms with Crippen LogP contribution in [0.15, 0.2) is 59.6 Å². The van der Waals surface area contributed by atoms with Gasteiger partial charge in [-0.05, 0) is 56.5 Å². The molecule has 1 atom stereocenters. The van der Waals surface area contributed by atoms with Crippen LogP contribution in [0.1, 0.15) is 33.6 Å². The summed E-state index contributed by atoms with van der Waals surface area (Å²) in [7, 11) is -4.03. The molecule has 1 fully saturated rings. The number of hydrogen-bond donors (Lipinski definition) is 2. The maximum atomic E-state index is 14.4. The van der Waals surface area contributed by atoms with E-state index in [2.05, 4.69) is 15.6 Å². The molecule has 2 heterocycles. The van der Waals surface area contributed by atoms with Gasteiger partial charge in [-0.3, -0.25) is 4.79 Å². The summed E-state index contributed by atoms with van der Waals surface area (Å²) in [6, 6.07) is 12.7. The Morgan fingerprint density at radius 2 is 1.84 bits per heavy atom. The van der Waals surface area contributed by atoms with Crippen LogP contribution in [-0.4, -0.2) is 37.6 Å². The highest BCUT2D eigenvalue weighted by Crippen LogP contribution is 2.32. The van der Waals surface area contributed by atoms with Gasteiger partial charge in [-0.25, -0.2) is 17.8 Å². The van der Waals surface area contributed by atoms with Crippen LogP contribution in [-0.2, 0) is 9.84 Å². The first-order chi connectivity index (χ1) is 15.4. The van der Waals surface area contributed by atoms with Gasteiger partial charge in [-0.2, -0.15) is 0 Å². The number of anilines is 1. The van der Waals surface area contributed by atoms with Crippen molar-refractivity contribution >= 4 is 32.1 Å². The van der Waals surface area contributed by atoms with E-state index in [1.165, 1.54) is 24.4 Å². The van der Waals surface area contributed by atoms with E-state index in [1.807, 2.05) is 19.1 Å². The van der Waals surface area contributed by atoms with Crippen LogP contribution in [0.4, 0.5) is 9.52 Å². The first kappa shape index (κ1) is 22.6. The van der Waals surface area contributed by atoms with E-state index in [4.69, 9.17) is 0 Å². The number of aromatic nitrogens is 1. The second kappa shape index (κ2) is 9.48. The molecule has 0 radical (unpaired) electrons. The fourth-order valence-electron chi connectivity index (χ4n) is 3.94. The summed E-state index contributed by atoms with van der Waals surface area (Å²) in [4.78, 5) is 17.2. The lowest BCUT2D eigenvalue weighted by Crippen LogP contribution is -2.42. The Bertz CT molecular complexity index is 1220. The molecule has 0 spiro atoms. The van der Waals surface area contributed by atoms with Gasteiger partial charge in [0.05, 0.1) is 11.1 Å². The number of rotatable bonds is 7. The minimum atomic E-state index is -4.03. The van der Waals surface area contributed by atoms with E-state index in [9.17, 15) is 17.6 Å². The van der Waals surface area contributed by atoms with Crippen LogP contribution >= 0.6 is 11.3 Å². The van der Waals surface area contributed by atoms with Crippen LogP contribution < -0.4 is 10.6 Å². The first-order valence-corrected chi connectivity index (χ1v) is 12.8.